The van der Waals surface area contributed by atoms with Crippen LogP contribution in [0.5, 0.6) is 5.75 Å². The topological polar surface area (TPSA) is 66.4 Å². The molecule has 7 heteroatoms. The molecule has 0 unspecified atom stereocenters. The van der Waals surface area contributed by atoms with Crippen LogP contribution in [-0.4, -0.2) is 19.3 Å². The normalized spacial score (nSPS) is 11.4. The van der Waals surface area contributed by atoms with Crippen LogP contribution in [0, 0.1) is 5.82 Å². The second kappa shape index (κ2) is 4.24. The van der Waals surface area contributed by atoms with Crippen molar-refractivity contribution in [3.63, 3.8) is 0 Å². The first-order valence-corrected chi connectivity index (χ1v) is 6.07. The molecule has 0 spiro atoms. The molecule has 15 heavy (non-hydrogen) atoms. The Bertz CT molecular complexity index is 475. The molecule has 0 saturated carbocycles. The van der Waals surface area contributed by atoms with Crippen LogP contribution in [0.2, 0.25) is 5.02 Å². The highest BCUT2D eigenvalue weighted by molar-refractivity contribution is 7.92. The minimum Gasteiger partial charge on any atom is -0.504 e. The van der Waals surface area contributed by atoms with Gasteiger partial charge in [0, 0.05) is 6.07 Å². The highest BCUT2D eigenvalue weighted by Crippen LogP contribution is 2.33. The molecule has 2 N–H and O–H groups in total. The number of hydrogen-bond acceptors (Lipinski definition) is 3. The van der Waals surface area contributed by atoms with Gasteiger partial charge in [0.05, 0.1) is 16.5 Å². The lowest BCUT2D eigenvalue weighted by molar-refractivity contribution is 0.476. The Labute approximate surface area is 91.7 Å². The van der Waals surface area contributed by atoms with Crippen molar-refractivity contribution in [1.82, 2.24) is 0 Å². The highest BCUT2D eigenvalue weighted by atomic mass is 35.5. The van der Waals surface area contributed by atoms with E-state index >= 15 is 0 Å². The highest BCUT2D eigenvalue weighted by Gasteiger charge is 2.13. The van der Waals surface area contributed by atoms with Crippen molar-refractivity contribution in [2.75, 3.05) is 10.5 Å². The van der Waals surface area contributed by atoms with Crippen LogP contribution in [0.25, 0.3) is 0 Å². The van der Waals surface area contributed by atoms with Crippen molar-refractivity contribution in [2.24, 2.45) is 0 Å². The van der Waals surface area contributed by atoms with E-state index < -0.39 is 21.6 Å². The summed E-state index contributed by atoms with van der Waals surface area (Å²) >= 11 is 5.47. The molecule has 4 nitrogen and oxygen atoms in total. The van der Waals surface area contributed by atoms with E-state index in [2.05, 4.69) is 0 Å². The average Bonchev–Trinajstić information content (AvgIpc) is 2.13. The third-order valence-electron chi connectivity index (χ3n) is 1.67. The first-order chi connectivity index (χ1) is 6.85. The molecule has 0 radical (unpaired) electrons. The summed E-state index contributed by atoms with van der Waals surface area (Å²) in [6.07, 6.45) is 0. The van der Waals surface area contributed by atoms with Crippen LogP contribution >= 0.6 is 11.6 Å². The van der Waals surface area contributed by atoms with Gasteiger partial charge in [0.25, 0.3) is 0 Å². The molecule has 1 rings (SSSR count). The zero-order chi connectivity index (χ0) is 11.6. The van der Waals surface area contributed by atoms with E-state index in [1.54, 1.807) is 0 Å². The van der Waals surface area contributed by atoms with Crippen molar-refractivity contribution >= 4 is 27.3 Å². The molecule has 1 aromatic carbocycles. The van der Waals surface area contributed by atoms with Crippen molar-refractivity contribution < 1.29 is 17.9 Å². The standard InChI is InChI=1S/C8H9ClFNO3S/c1-2-15(13,14)11-7-4-5(10)3-6(9)8(7)12/h3-4,11-12H,2H2,1H3. The predicted octanol–water partition coefficient (Wildman–Crippen LogP) is 1.95. The van der Waals surface area contributed by atoms with Crippen LogP contribution in [0.1, 0.15) is 6.92 Å². The lowest BCUT2D eigenvalue weighted by Crippen LogP contribution is -2.14. The van der Waals surface area contributed by atoms with E-state index in [0.29, 0.717) is 0 Å². The molecule has 1 aromatic rings. The van der Waals surface area contributed by atoms with E-state index in [9.17, 15) is 17.9 Å². The lowest BCUT2D eigenvalue weighted by atomic mass is 10.3. The molecule has 0 aliphatic carbocycles. The average molecular weight is 254 g/mol. The Morgan fingerprint density at radius 2 is 2.13 bits per heavy atom. The number of phenolic OH excluding ortho intramolecular Hbond substituents is 1. The minimum absolute atomic E-state index is 0.180. The van der Waals surface area contributed by atoms with Gasteiger partial charge in [-0.3, -0.25) is 4.72 Å². The molecule has 0 atom stereocenters. The molecule has 0 aliphatic rings. The number of anilines is 1. The second-order valence-electron chi connectivity index (χ2n) is 2.79. The number of phenols is 1. The van der Waals surface area contributed by atoms with Gasteiger partial charge in [0.2, 0.25) is 10.0 Å². The van der Waals surface area contributed by atoms with Crippen LogP contribution in [0.4, 0.5) is 10.1 Å². The maximum atomic E-state index is 12.9. The number of nitrogens with one attached hydrogen (secondary N) is 1. The summed E-state index contributed by atoms with van der Waals surface area (Å²) in [4.78, 5) is 0. The Kier molecular flexibility index (Phi) is 3.41. The van der Waals surface area contributed by atoms with E-state index in [1.807, 2.05) is 4.72 Å². The quantitative estimate of drug-likeness (QED) is 0.809. The Morgan fingerprint density at radius 3 is 2.67 bits per heavy atom. The number of sulfonamides is 1. The first-order valence-electron chi connectivity index (χ1n) is 4.04. The Hall–Kier alpha value is -1.01. The third kappa shape index (κ3) is 2.97. The van der Waals surface area contributed by atoms with E-state index in [1.165, 1.54) is 6.92 Å². The molecule has 0 bridgehead atoms. The van der Waals surface area contributed by atoms with Crippen LogP contribution in [-0.2, 0) is 10.0 Å². The SMILES string of the molecule is CCS(=O)(=O)Nc1cc(F)cc(Cl)c1O. The predicted molar refractivity (Wildman–Crippen MR) is 56.2 cm³/mol. The van der Waals surface area contributed by atoms with E-state index in [0.717, 1.165) is 12.1 Å². The third-order valence-corrected chi connectivity index (χ3v) is 3.25. The fourth-order valence-corrected chi connectivity index (χ4v) is 1.72. The van der Waals surface area contributed by atoms with Gasteiger partial charge in [0.15, 0.2) is 5.75 Å². The summed E-state index contributed by atoms with van der Waals surface area (Å²) < 4.78 is 37.2. The van der Waals surface area contributed by atoms with Gasteiger partial charge >= 0.3 is 0 Å². The Morgan fingerprint density at radius 1 is 1.53 bits per heavy atom. The summed E-state index contributed by atoms with van der Waals surface area (Å²) in [5, 5.41) is 9.11. The van der Waals surface area contributed by atoms with Gasteiger partial charge in [-0.15, -0.1) is 0 Å². The largest absolute Gasteiger partial charge is 0.504 e. The number of aromatic hydroxyl groups is 1. The first kappa shape index (κ1) is 12.1. The summed E-state index contributed by atoms with van der Waals surface area (Å²) in [5.41, 5.74) is -0.262. The monoisotopic (exact) mass is 253 g/mol. The van der Waals surface area contributed by atoms with Gasteiger partial charge in [-0.2, -0.15) is 0 Å². The van der Waals surface area contributed by atoms with Gasteiger partial charge in [-0.25, -0.2) is 12.8 Å². The fraction of sp³-hybridized carbons (Fsp3) is 0.250. The van der Waals surface area contributed by atoms with E-state index in [-0.39, 0.29) is 16.5 Å². The molecule has 0 heterocycles. The number of rotatable bonds is 3. The number of benzene rings is 1. The van der Waals surface area contributed by atoms with Gasteiger partial charge < -0.3 is 5.11 Å². The zero-order valence-electron chi connectivity index (χ0n) is 7.79. The summed E-state index contributed by atoms with van der Waals surface area (Å²) in [6.45, 7) is 1.42. The van der Waals surface area contributed by atoms with Crippen molar-refractivity contribution in [1.29, 1.82) is 0 Å². The van der Waals surface area contributed by atoms with E-state index in [4.69, 9.17) is 11.6 Å². The van der Waals surface area contributed by atoms with Crippen LogP contribution in [0.3, 0.4) is 0 Å². The van der Waals surface area contributed by atoms with Crippen LogP contribution in [0.15, 0.2) is 12.1 Å². The Balaban J connectivity index is 3.16. The molecule has 0 aliphatic heterocycles. The van der Waals surface area contributed by atoms with Crippen molar-refractivity contribution in [3.05, 3.63) is 23.0 Å². The fourth-order valence-electron chi connectivity index (χ4n) is 0.883. The molecule has 84 valence electrons. The number of hydrogen-bond donors (Lipinski definition) is 2. The maximum absolute atomic E-state index is 12.9. The van der Waals surface area contributed by atoms with Crippen molar-refractivity contribution in [2.45, 2.75) is 6.92 Å². The summed E-state index contributed by atoms with van der Waals surface area (Å²) in [7, 11) is -3.56. The summed E-state index contributed by atoms with van der Waals surface area (Å²) in [5.74, 6) is -1.40. The molecular formula is C8H9ClFNO3S. The van der Waals surface area contributed by atoms with Crippen LogP contribution < -0.4 is 4.72 Å². The maximum Gasteiger partial charge on any atom is 0.232 e. The summed E-state index contributed by atoms with van der Waals surface area (Å²) in [6, 6.07) is 1.75. The lowest BCUT2D eigenvalue weighted by Gasteiger charge is -2.08. The van der Waals surface area contributed by atoms with Gasteiger partial charge in [0.1, 0.15) is 5.82 Å². The molecule has 0 saturated heterocycles. The molecular weight excluding hydrogens is 245 g/mol. The van der Waals surface area contributed by atoms with Crippen molar-refractivity contribution in [3.8, 4) is 5.75 Å². The second-order valence-corrected chi connectivity index (χ2v) is 5.21. The minimum atomic E-state index is -3.56. The number of halogens is 2. The molecule has 0 fully saturated rings. The van der Waals surface area contributed by atoms with Gasteiger partial charge in [-0.1, -0.05) is 11.6 Å². The smallest absolute Gasteiger partial charge is 0.232 e. The molecule has 0 aromatic heterocycles. The van der Waals surface area contributed by atoms with Gasteiger partial charge in [-0.05, 0) is 13.0 Å². The zero-order valence-corrected chi connectivity index (χ0v) is 9.36. The molecule has 0 amide bonds.